The van der Waals surface area contributed by atoms with E-state index in [1.807, 2.05) is 19.9 Å². The van der Waals surface area contributed by atoms with Gasteiger partial charge in [0, 0.05) is 10.4 Å². The molecule has 0 aliphatic carbocycles. The van der Waals surface area contributed by atoms with Crippen LogP contribution in [0.5, 0.6) is 0 Å². The molecule has 20 heavy (non-hydrogen) atoms. The number of rotatable bonds is 5. The zero-order valence-electron chi connectivity index (χ0n) is 12.4. The molecule has 0 aliphatic heterocycles. The van der Waals surface area contributed by atoms with Crippen LogP contribution in [0.3, 0.4) is 0 Å². The van der Waals surface area contributed by atoms with Gasteiger partial charge in [0.15, 0.2) is 5.76 Å². The maximum Gasteiger partial charge on any atom is 0.217 e. The summed E-state index contributed by atoms with van der Waals surface area (Å²) >= 11 is 5.96. The second-order valence-electron chi connectivity index (χ2n) is 5.35. The lowest BCUT2D eigenvalue weighted by molar-refractivity contribution is 0.0641. The molecule has 0 fully saturated rings. The summed E-state index contributed by atoms with van der Waals surface area (Å²) in [6.45, 7) is 9.61. The fourth-order valence-electron chi connectivity index (χ4n) is 2.59. The van der Waals surface area contributed by atoms with E-state index in [-0.39, 0.29) is 5.78 Å². The van der Waals surface area contributed by atoms with Crippen molar-refractivity contribution in [3.8, 4) is 0 Å². The summed E-state index contributed by atoms with van der Waals surface area (Å²) in [7, 11) is 0. The number of nitrogens with zero attached hydrogens (tertiary/aromatic N) is 1. The number of ketones is 1. The summed E-state index contributed by atoms with van der Waals surface area (Å²) in [5, 5.41) is 1.50. The van der Waals surface area contributed by atoms with Crippen LogP contribution in [-0.4, -0.2) is 29.3 Å². The van der Waals surface area contributed by atoms with Gasteiger partial charge < -0.3 is 4.42 Å². The monoisotopic (exact) mass is 293 g/mol. The molecule has 1 aromatic carbocycles. The number of Topliss-reactive ketones (excluding diaryl/α,β-unsaturated/α-hetero) is 1. The Kier molecular flexibility index (Phi) is 4.21. The van der Waals surface area contributed by atoms with E-state index in [0.717, 1.165) is 18.5 Å². The number of carbonyl (C=O) groups is 1. The highest BCUT2D eigenvalue weighted by Crippen LogP contribution is 2.27. The first-order valence-electron chi connectivity index (χ1n) is 6.89. The summed E-state index contributed by atoms with van der Waals surface area (Å²) in [5.74, 6) is 0.382. The fourth-order valence-corrected chi connectivity index (χ4v) is 2.77. The molecule has 1 heterocycles. The summed E-state index contributed by atoms with van der Waals surface area (Å²) in [6.07, 6.45) is 0. The van der Waals surface area contributed by atoms with E-state index < -0.39 is 5.54 Å². The average Bonchev–Trinajstić information content (AvgIpc) is 2.81. The van der Waals surface area contributed by atoms with Gasteiger partial charge in [0.05, 0.1) is 5.54 Å². The molecule has 0 spiro atoms. The molecular weight excluding hydrogens is 274 g/mol. The summed E-state index contributed by atoms with van der Waals surface area (Å²) in [4.78, 5) is 14.8. The molecule has 0 saturated carbocycles. The maximum absolute atomic E-state index is 12.7. The topological polar surface area (TPSA) is 33.5 Å². The standard InChI is InChI=1S/C16H20ClNO2/c1-5-18(6-2)16(3,4)15(19)14-10-11-9-12(17)7-8-13(11)20-14/h7-10H,5-6H2,1-4H3. The molecule has 0 amide bonds. The average molecular weight is 294 g/mol. The van der Waals surface area contributed by atoms with Crippen LogP contribution in [0.25, 0.3) is 11.0 Å². The summed E-state index contributed by atoms with van der Waals surface area (Å²) < 4.78 is 5.68. The first kappa shape index (κ1) is 15.1. The van der Waals surface area contributed by atoms with Gasteiger partial charge in [0.1, 0.15) is 5.58 Å². The zero-order chi connectivity index (χ0) is 14.9. The molecule has 1 aromatic heterocycles. The lowest BCUT2D eigenvalue weighted by Crippen LogP contribution is -2.49. The molecule has 0 aliphatic rings. The molecule has 2 aromatic rings. The molecule has 0 saturated heterocycles. The summed E-state index contributed by atoms with van der Waals surface area (Å²) in [6, 6.07) is 7.13. The number of halogens is 1. The lowest BCUT2D eigenvalue weighted by atomic mass is 9.94. The number of hydrogen-bond donors (Lipinski definition) is 0. The van der Waals surface area contributed by atoms with Crippen molar-refractivity contribution in [2.45, 2.75) is 33.2 Å². The molecule has 3 nitrogen and oxygen atoms in total. The minimum Gasteiger partial charge on any atom is -0.453 e. The van der Waals surface area contributed by atoms with Crippen molar-refractivity contribution >= 4 is 28.4 Å². The molecule has 2 rings (SSSR count). The van der Waals surface area contributed by atoms with Crippen LogP contribution in [-0.2, 0) is 0 Å². The molecular formula is C16H20ClNO2. The number of carbonyl (C=O) groups excluding carboxylic acids is 1. The van der Waals surface area contributed by atoms with Crippen molar-refractivity contribution in [2.24, 2.45) is 0 Å². The third-order valence-electron chi connectivity index (χ3n) is 3.81. The Hall–Kier alpha value is -1.32. The lowest BCUT2D eigenvalue weighted by Gasteiger charge is -2.34. The van der Waals surface area contributed by atoms with Crippen LogP contribution in [0.2, 0.25) is 5.02 Å². The van der Waals surface area contributed by atoms with Crippen LogP contribution in [0.15, 0.2) is 28.7 Å². The minimum atomic E-state index is -0.582. The predicted octanol–water partition coefficient (Wildman–Crippen LogP) is 4.39. The normalized spacial score (nSPS) is 12.3. The van der Waals surface area contributed by atoms with Crippen LogP contribution in [0, 0.1) is 0 Å². The van der Waals surface area contributed by atoms with Gasteiger partial charge in [-0.2, -0.15) is 0 Å². The van der Waals surface area contributed by atoms with Crippen molar-refractivity contribution in [2.75, 3.05) is 13.1 Å². The van der Waals surface area contributed by atoms with E-state index in [9.17, 15) is 4.79 Å². The highest BCUT2D eigenvalue weighted by molar-refractivity contribution is 6.31. The Labute approximate surface area is 124 Å². The van der Waals surface area contributed by atoms with Gasteiger partial charge in [-0.15, -0.1) is 0 Å². The Bertz CT molecular complexity index is 626. The smallest absolute Gasteiger partial charge is 0.217 e. The quantitative estimate of drug-likeness (QED) is 0.767. The summed E-state index contributed by atoms with van der Waals surface area (Å²) in [5.41, 5.74) is 0.106. The Morgan fingerprint density at radius 1 is 1.25 bits per heavy atom. The van der Waals surface area contributed by atoms with E-state index in [1.165, 1.54) is 0 Å². The first-order chi connectivity index (χ1) is 9.40. The van der Waals surface area contributed by atoms with Crippen LogP contribution >= 0.6 is 11.6 Å². The van der Waals surface area contributed by atoms with E-state index in [0.29, 0.717) is 16.4 Å². The fraction of sp³-hybridized carbons (Fsp3) is 0.438. The Balaban J connectivity index is 2.40. The largest absolute Gasteiger partial charge is 0.453 e. The third-order valence-corrected chi connectivity index (χ3v) is 4.05. The van der Waals surface area contributed by atoms with E-state index >= 15 is 0 Å². The highest BCUT2D eigenvalue weighted by atomic mass is 35.5. The van der Waals surface area contributed by atoms with Gasteiger partial charge in [-0.3, -0.25) is 9.69 Å². The second-order valence-corrected chi connectivity index (χ2v) is 5.79. The SMILES string of the molecule is CCN(CC)C(C)(C)C(=O)c1cc2cc(Cl)ccc2o1. The zero-order valence-corrected chi connectivity index (χ0v) is 13.1. The first-order valence-corrected chi connectivity index (χ1v) is 7.26. The molecule has 0 radical (unpaired) electrons. The second kappa shape index (κ2) is 5.58. The number of hydrogen-bond acceptors (Lipinski definition) is 3. The maximum atomic E-state index is 12.7. The van der Waals surface area contributed by atoms with Gasteiger partial charge >= 0.3 is 0 Å². The molecule has 108 valence electrons. The van der Waals surface area contributed by atoms with Crippen molar-refractivity contribution in [1.29, 1.82) is 0 Å². The highest BCUT2D eigenvalue weighted by Gasteiger charge is 2.35. The minimum absolute atomic E-state index is 0.00600. The van der Waals surface area contributed by atoms with Gasteiger partial charge in [0.2, 0.25) is 5.78 Å². The predicted molar refractivity (Wildman–Crippen MR) is 82.6 cm³/mol. The van der Waals surface area contributed by atoms with Gasteiger partial charge in [-0.05, 0) is 51.2 Å². The van der Waals surface area contributed by atoms with E-state index in [4.69, 9.17) is 16.0 Å². The number of fused-ring (bicyclic) bond motifs is 1. The number of furan rings is 1. The van der Waals surface area contributed by atoms with Crippen molar-refractivity contribution in [3.05, 3.63) is 35.0 Å². The van der Waals surface area contributed by atoms with E-state index in [2.05, 4.69) is 18.7 Å². The molecule has 0 N–H and O–H groups in total. The Morgan fingerprint density at radius 3 is 2.50 bits per heavy atom. The van der Waals surface area contributed by atoms with Gasteiger partial charge in [-0.25, -0.2) is 0 Å². The van der Waals surface area contributed by atoms with Crippen molar-refractivity contribution in [3.63, 3.8) is 0 Å². The van der Waals surface area contributed by atoms with Crippen LogP contribution in [0.4, 0.5) is 0 Å². The molecule has 0 atom stereocenters. The number of likely N-dealkylation sites (N-methyl/N-ethyl adjacent to an activating group) is 1. The molecule has 4 heteroatoms. The van der Waals surface area contributed by atoms with Crippen molar-refractivity contribution < 1.29 is 9.21 Å². The van der Waals surface area contributed by atoms with Gasteiger partial charge in [-0.1, -0.05) is 25.4 Å². The van der Waals surface area contributed by atoms with Gasteiger partial charge in [0.25, 0.3) is 0 Å². The number of benzene rings is 1. The van der Waals surface area contributed by atoms with E-state index in [1.54, 1.807) is 18.2 Å². The molecule has 0 unspecified atom stereocenters. The van der Waals surface area contributed by atoms with Crippen molar-refractivity contribution in [1.82, 2.24) is 4.90 Å². The Morgan fingerprint density at radius 2 is 1.90 bits per heavy atom. The van der Waals surface area contributed by atoms with Crippen LogP contribution in [0.1, 0.15) is 38.2 Å². The third kappa shape index (κ3) is 2.60. The van der Waals surface area contributed by atoms with Crippen LogP contribution < -0.4 is 0 Å². The molecule has 0 bridgehead atoms.